The number of hydrogen-bond acceptors (Lipinski definition) is 5. The third-order valence-corrected chi connectivity index (χ3v) is 5.79. The predicted molar refractivity (Wildman–Crippen MR) is 119 cm³/mol. The Bertz CT molecular complexity index is 1410. The molecule has 4 heterocycles. The quantitative estimate of drug-likeness (QED) is 0.425. The number of nitrogens with zero attached hydrogens (tertiary/aromatic N) is 4. The Hall–Kier alpha value is -3.91. The fourth-order valence-electron chi connectivity index (χ4n) is 3.26. The van der Waals surface area contributed by atoms with Crippen molar-refractivity contribution in [3.63, 3.8) is 0 Å². The highest BCUT2D eigenvalue weighted by Gasteiger charge is 2.16. The number of carbonyl (C=O) groups excluding carboxylic acids is 1. The number of carbonyl (C=O) groups is 1. The molecule has 0 saturated heterocycles. The highest BCUT2D eigenvalue weighted by molar-refractivity contribution is 7.12. The fraction of sp³-hybridized carbons (Fsp3) is 0.0435. The maximum Gasteiger partial charge on any atom is 0.265 e. The molecule has 0 atom stereocenters. The number of aryl methyl sites for hydroxylation is 1. The van der Waals surface area contributed by atoms with Crippen LogP contribution in [0.15, 0.2) is 72.8 Å². The largest absolute Gasteiger partial charge is 0.319 e. The molecule has 4 aromatic heterocycles. The van der Waals surface area contributed by atoms with E-state index in [1.54, 1.807) is 54.4 Å². The lowest BCUT2D eigenvalue weighted by Gasteiger charge is -2.05. The van der Waals surface area contributed by atoms with Gasteiger partial charge in [0.05, 0.1) is 16.8 Å². The third-order valence-electron chi connectivity index (χ3n) is 4.86. The molecule has 5 aromatic rings. The van der Waals surface area contributed by atoms with E-state index in [2.05, 4.69) is 20.4 Å². The third kappa shape index (κ3) is 3.69. The average Bonchev–Trinajstić information content (AvgIpc) is 3.43. The first-order valence-corrected chi connectivity index (χ1v) is 10.4. The number of rotatable bonds is 4. The van der Waals surface area contributed by atoms with Crippen LogP contribution in [-0.2, 0) is 0 Å². The first-order chi connectivity index (χ1) is 15.1. The molecule has 1 amide bonds. The van der Waals surface area contributed by atoms with Gasteiger partial charge in [0.25, 0.3) is 5.91 Å². The first kappa shape index (κ1) is 19.1. The molecule has 0 radical (unpaired) electrons. The molecule has 1 aromatic carbocycles. The van der Waals surface area contributed by atoms with Crippen LogP contribution in [0.1, 0.15) is 15.2 Å². The minimum atomic E-state index is -0.457. The summed E-state index contributed by atoms with van der Waals surface area (Å²) in [5, 5.41) is 8.91. The van der Waals surface area contributed by atoms with Crippen LogP contribution in [0, 0.1) is 12.7 Å². The van der Waals surface area contributed by atoms with Crippen LogP contribution in [0.5, 0.6) is 0 Å². The molecule has 152 valence electrons. The first-order valence-electron chi connectivity index (χ1n) is 9.49. The van der Waals surface area contributed by atoms with Gasteiger partial charge in [-0.05, 0) is 47.7 Å². The van der Waals surface area contributed by atoms with E-state index in [9.17, 15) is 9.18 Å². The van der Waals surface area contributed by atoms with E-state index in [0.29, 0.717) is 10.5 Å². The second-order valence-electron chi connectivity index (χ2n) is 7.05. The van der Waals surface area contributed by atoms with Crippen molar-refractivity contribution in [3.05, 3.63) is 89.0 Å². The highest BCUT2D eigenvalue weighted by atomic mass is 32.1. The van der Waals surface area contributed by atoms with Crippen LogP contribution in [0.3, 0.4) is 0 Å². The summed E-state index contributed by atoms with van der Waals surface area (Å²) in [6, 6.07) is 10.3. The van der Waals surface area contributed by atoms with Gasteiger partial charge in [0.15, 0.2) is 5.65 Å². The van der Waals surface area contributed by atoms with Crippen molar-refractivity contribution < 1.29 is 9.18 Å². The zero-order chi connectivity index (χ0) is 21.4. The number of halogens is 1. The minimum Gasteiger partial charge on any atom is -0.319 e. The maximum absolute atomic E-state index is 14.1. The Labute approximate surface area is 181 Å². The van der Waals surface area contributed by atoms with E-state index in [4.69, 9.17) is 0 Å². The molecular formula is C23H16FN5OS. The summed E-state index contributed by atoms with van der Waals surface area (Å²) in [5.41, 5.74) is 5.13. The second kappa shape index (κ2) is 7.73. The Morgan fingerprint density at radius 3 is 2.81 bits per heavy atom. The van der Waals surface area contributed by atoms with E-state index in [1.807, 2.05) is 23.7 Å². The van der Waals surface area contributed by atoms with Gasteiger partial charge in [-0.2, -0.15) is 5.10 Å². The van der Waals surface area contributed by atoms with E-state index < -0.39 is 5.82 Å². The molecule has 0 spiro atoms. The number of nitrogens with one attached hydrogen (secondary N) is 1. The van der Waals surface area contributed by atoms with Crippen molar-refractivity contribution in [2.24, 2.45) is 0 Å². The van der Waals surface area contributed by atoms with Crippen molar-refractivity contribution >= 4 is 28.6 Å². The summed E-state index contributed by atoms with van der Waals surface area (Å²) in [6.45, 7) is 1.80. The minimum absolute atomic E-state index is 0.158. The van der Waals surface area contributed by atoms with Gasteiger partial charge in [-0.25, -0.2) is 13.9 Å². The smallest absolute Gasteiger partial charge is 0.265 e. The van der Waals surface area contributed by atoms with Gasteiger partial charge >= 0.3 is 0 Å². The number of amides is 1. The zero-order valence-corrected chi connectivity index (χ0v) is 17.2. The molecule has 1 N–H and O–H groups in total. The Morgan fingerprint density at radius 2 is 2.00 bits per heavy atom. The summed E-state index contributed by atoms with van der Waals surface area (Å²) in [5.74, 6) is -0.816. The Morgan fingerprint density at radius 1 is 1.10 bits per heavy atom. The van der Waals surface area contributed by atoms with Gasteiger partial charge in [0, 0.05) is 41.5 Å². The van der Waals surface area contributed by atoms with Gasteiger partial charge < -0.3 is 5.32 Å². The van der Waals surface area contributed by atoms with Crippen molar-refractivity contribution in [3.8, 4) is 22.3 Å². The van der Waals surface area contributed by atoms with Crippen LogP contribution >= 0.6 is 11.3 Å². The zero-order valence-electron chi connectivity index (χ0n) is 16.4. The molecule has 0 aliphatic carbocycles. The monoisotopic (exact) mass is 429 g/mol. The lowest BCUT2D eigenvalue weighted by Crippen LogP contribution is -2.11. The lowest BCUT2D eigenvalue weighted by molar-refractivity contribution is 0.103. The number of benzene rings is 1. The van der Waals surface area contributed by atoms with Crippen LogP contribution in [0.25, 0.3) is 27.9 Å². The number of pyridine rings is 1. The van der Waals surface area contributed by atoms with Crippen LogP contribution in [0.4, 0.5) is 10.1 Å². The molecule has 0 saturated carbocycles. The second-order valence-corrected chi connectivity index (χ2v) is 7.96. The number of anilines is 1. The average molecular weight is 429 g/mol. The topological polar surface area (TPSA) is 72.2 Å². The van der Waals surface area contributed by atoms with Crippen molar-refractivity contribution in [2.75, 3.05) is 5.32 Å². The molecule has 31 heavy (non-hydrogen) atoms. The molecule has 6 nitrogen and oxygen atoms in total. The molecule has 0 aliphatic heterocycles. The van der Waals surface area contributed by atoms with Crippen molar-refractivity contribution in [1.29, 1.82) is 0 Å². The highest BCUT2D eigenvalue weighted by Crippen LogP contribution is 2.30. The predicted octanol–water partition coefficient (Wildman–Crippen LogP) is 5.22. The SMILES string of the molecule is Cc1ccc(NC(=O)c2cc(-c3cnn4cc(-c5cccnc5)cnc34)cs2)c(F)c1. The van der Waals surface area contributed by atoms with E-state index in [0.717, 1.165) is 27.8 Å². The Kier molecular flexibility index (Phi) is 4.76. The van der Waals surface area contributed by atoms with E-state index >= 15 is 0 Å². The lowest BCUT2D eigenvalue weighted by atomic mass is 10.1. The summed E-state index contributed by atoms with van der Waals surface area (Å²) in [7, 11) is 0. The van der Waals surface area contributed by atoms with Crippen molar-refractivity contribution in [2.45, 2.75) is 6.92 Å². The Balaban J connectivity index is 1.42. The van der Waals surface area contributed by atoms with Crippen LogP contribution < -0.4 is 5.32 Å². The van der Waals surface area contributed by atoms with Gasteiger partial charge in [0.2, 0.25) is 0 Å². The van der Waals surface area contributed by atoms with Gasteiger partial charge in [-0.15, -0.1) is 11.3 Å². The standard InChI is InChI=1S/C23H16FN5OS/c1-14-4-5-20(19(24)7-14)28-23(30)21-8-16(13-31-21)18-11-27-29-12-17(10-26-22(18)29)15-3-2-6-25-9-15/h2-13H,1H3,(H,28,30). The molecule has 0 unspecified atom stereocenters. The number of hydrogen-bond donors (Lipinski definition) is 1. The number of fused-ring (bicyclic) bond motifs is 1. The summed E-state index contributed by atoms with van der Waals surface area (Å²) >= 11 is 1.29. The van der Waals surface area contributed by atoms with Crippen LogP contribution in [-0.4, -0.2) is 25.5 Å². The van der Waals surface area contributed by atoms with E-state index in [-0.39, 0.29) is 11.6 Å². The number of aromatic nitrogens is 4. The van der Waals surface area contributed by atoms with Crippen LogP contribution in [0.2, 0.25) is 0 Å². The van der Waals surface area contributed by atoms with E-state index in [1.165, 1.54) is 17.4 Å². The summed E-state index contributed by atoms with van der Waals surface area (Å²) in [6.07, 6.45) is 8.88. The number of thiophene rings is 1. The molecule has 0 aliphatic rings. The summed E-state index contributed by atoms with van der Waals surface area (Å²) in [4.78, 5) is 21.8. The molecule has 5 rings (SSSR count). The molecule has 8 heteroatoms. The van der Waals surface area contributed by atoms with Gasteiger partial charge in [0.1, 0.15) is 5.82 Å². The fourth-order valence-corrected chi connectivity index (χ4v) is 4.06. The summed E-state index contributed by atoms with van der Waals surface area (Å²) < 4.78 is 15.8. The molecular weight excluding hydrogens is 413 g/mol. The molecule has 0 bridgehead atoms. The maximum atomic E-state index is 14.1. The molecule has 0 fully saturated rings. The van der Waals surface area contributed by atoms with Gasteiger partial charge in [-0.3, -0.25) is 9.78 Å². The van der Waals surface area contributed by atoms with Crippen molar-refractivity contribution in [1.82, 2.24) is 19.6 Å². The normalized spacial score (nSPS) is 11.0. The van der Waals surface area contributed by atoms with Gasteiger partial charge in [-0.1, -0.05) is 12.1 Å².